The van der Waals surface area contributed by atoms with Gasteiger partial charge in [-0.1, -0.05) is 35.9 Å². The molecule has 3 aromatic carbocycles. The molecular formula is C27H16ClFN2O4S. The lowest BCUT2D eigenvalue weighted by Gasteiger charge is -2.23. The van der Waals surface area contributed by atoms with E-state index in [4.69, 9.17) is 20.8 Å². The second-order valence-electron chi connectivity index (χ2n) is 8.19. The normalized spacial score (nSPS) is 14.9. The van der Waals surface area contributed by atoms with Crippen LogP contribution in [0.5, 0.6) is 5.75 Å². The van der Waals surface area contributed by atoms with E-state index in [0.29, 0.717) is 28.1 Å². The number of halogens is 2. The van der Waals surface area contributed by atoms with Gasteiger partial charge in [0.1, 0.15) is 23.8 Å². The van der Waals surface area contributed by atoms with Crippen molar-refractivity contribution in [2.45, 2.75) is 12.6 Å². The highest BCUT2D eigenvalue weighted by atomic mass is 35.5. The lowest BCUT2D eigenvalue weighted by atomic mass is 9.98. The Bertz CT molecular complexity index is 1670. The fraction of sp³-hybridized carbons (Fsp3) is 0.0741. The summed E-state index contributed by atoms with van der Waals surface area (Å²) in [4.78, 5) is 32.8. The van der Waals surface area contributed by atoms with Gasteiger partial charge in [-0.15, -0.1) is 11.3 Å². The number of ether oxygens (including phenoxy) is 1. The number of carbonyl (C=O) groups excluding carboxylic acids is 1. The van der Waals surface area contributed by atoms with Gasteiger partial charge >= 0.3 is 0 Å². The minimum atomic E-state index is -0.818. The number of anilines is 1. The van der Waals surface area contributed by atoms with E-state index >= 15 is 0 Å². The molecule has 2 aromatic heterocycles. The molecule has 0 saturated heterocycles. The molecule has 1 aliphatic rings. The molecule has 0 N–H and O–H groups in total. The number of carbonyl (C=O) groups is 1. The number of hydrogen-bond donors (Lipinski definition) is 0. The second-order valence-corrected chi connectivity index (χ2v) is 9.50. The Hall–Kier alpha value is -4.01. The van der Waals surface area contributed by atoms with Gasteiger partial charge in [-0.25, -0.2) is 9.37 Å². The minimum Gasteiger partial charge on any atom is -0.489 e. The van der Waals surface area contributed by atoms with Crippen LogP contribution in [-0.2, 0) is 6.61 Å². The molecule has 0 radical (unpaired) electrons. The Kier molecular flexibility index (Phi) is 5.55. The lowest BCUT2D eigenvalue weighted by molar-refractivity contribution is 0.0971. The number of hydrogen-bond acceptors (Lipinski definition) is 6. The summed E-state index contributed by atoms with van der Waals surface area (Å²) in [7, 11) is 0. The maximum Gasteiger partial charge on any atom is 0.297 e. The van der Waals surface area contributed by atoms with Crippen LogP contribution in [0.15, 0.2) is 87.5 Å². The Labute approximate surface area is 213 Å². The average molecular weight is 519 g/mol. The van der Waals surface area contributed by atoms with Crippen molar-refractivity contribution in [1.82, 2.24) is 4.98 Å². The van der Waals surface area contributed by atoms with Crippen LogP contribution >= 0.6 is 22.9 Å². The van der Waals surface area contributed by atoms with E-state index in [1.54, 1.807) is 48.0 Å². The number of benzene rings is 3. The van der Waals surface area contributed by atoms with Crippen molar-refractivity contribution in [3.05, 3.63) is 122 Å². The largest absolute Gasteiger partial charge is 0.489 e. The van der Waals surface area contributed by atoms with E-state index < -0.39 is 23.2 Å². The first-order valence-electron chi connectivity index (χ1n) is 11.0. The number of nitrogens with zero attached hydrogens (tertiary/aromatic N) is 2. The van der Waals surface area contributed by atoms with Crippen LogP contribution in [0.3, 0.4) is 0 Å². The standard InChI is InChI=1S/C27H16ClFN2O4S/c28-17-6-4-15(5-7-17)14-34-19-3-1-2-16(12-19)23-22-24(32)20-13-18(29)8-9-21(20)35-25(22)26(33)31(23)27-30-10-11-36-27/h1-13,23H,14H2. The van der Waals surface area contributed by atoms with Crippen LogP contribution in [-0.4, -0.2) is 10.9 Å². The van der Waals surface area contributed by atoms with E-state index in [9.17, 15) is 14.0 Å². The van der Waals surface area contributed by atoms with Gasteiger partial charge in [0.2, 0.25) is 5.76 Å². The van der Waals surface area contributed by atoms with Crippen molar-refractivity contribution in [2.75, 3.05) is 4.90 Å². The molecule has 0 saturated carbocycles. The van der Waals surface area contributed by atoms with Gasteiger partial charge in [0, 0.05) is 16.6 Å². The summed E-state index contributed by atoms with van der Waals surface area (Å²) < 4.78 is 25.8. The first kappa shape index (κ1) is 22.5. The zero-order valence-corrected chi connectivity index (χ0v) is 20.1. The van der Waals surface area contributed by atoms with Crippen LogP contribution < -0.4 is 15.1 Å². The molecule has 5 aromatic rings. The van der Waals surface area contributed by atoms with Crippen molar-refractivity contribution in [3.63, 3.8) is 0 Å². The predicted octanol–water partition coefficient (Wildman–Crippen LogP) is 6.37. The molecule has 1 unspecified atom stereocenters. The molecule has 1 amide bonds. The Morgan fingerprint density at radius 2 is 1.92 bits per heavy atom. The molecule has 1 aliphatic heterocycles. The summed E-state index contributed by atoms with van der Waals surface area (Å²) in [5.41, 5.74) is 1.39. The first-order valence-corrected chi connectivity index (χ1v) is 12.2. The fourth-order valence-corrected chi connectivity index (χ4v) is 5.11. The maximum absolute atomic E-state index is 14.0. The molecule has 178 valence electrons. The van der Waals surface area contributed by atoms with Gasteiger partial charge < -0.3 is 9.15 Å². The summed E-state index contributed by atoms with van der Waals surface area (Å²) in [6.07, 6.45) is 1.58. The molecule has 9 heteroatoms. The number of amides is 1. The third kappa shape index (κ3) is 3.84. The number of fused-ring (bicyclic) bond motifs is 2. The summed E-state index contributed by atoms with van der Waals surface area (Å²) in [5.74, 6) is -0.573. The summed E-state index contributed by atoms with van der Waals surface area (Å²) in [6, 6.07) is 17.3. The number of rotatable bonds is 5. The van der Waals surface area contributed by atoms with E-state index in [-0.39, 0.29) is 22.3 Å². The molecule has 6 rings (SSSR count). The zero-order chi connectivity index (χ0) is 24.8. The molecular weight excluding hydrogens is 503 g/mol. The van der Waals surface area contributed by atoms with Gasteiger partial charge in [-0.3, -0.25) is 14.5 Å². The van der Waals surface area contributed by atoms with Gasteiger partial charge in [-0.2, -0.15) is 0 Å². The van der Waals surface area contributed by atoms with E-state index in [1.807, 2.05) is 12.1 Å². The highest BCUT2D eigenvalue weighted by molar-refractivity contribution is 7.13. The quantitative estimate of drug-likeness (QED) is 0.270. The summed E-state index contributed by atoms with van der Waals surface area (Å²) in [5, 5.41) is 2.87. The molecule has 0 fully saturated rings. The van der Waals surface area contributed by atoms with Gasteiger partial charge in [0.15, 0.2) is 10.6 Å². The Balaban J connectivity index is 1.46. The fourth-order valence-electron chi connectivity index (χ4n) is 4.31. The van der Waals surface area contributed by atoms with Gasteiger partial charge in [0.25, 0.3) is 5.91 Å². The molecule has 1 atom stereocenters. The highest BCUT2D eigenvalue weighted by Gasteiger charge is 2.44. The molecule has 0 aliphatic carbocycles. The van der Waals surface area contributed by atoms with Gasteiger partial charge in [-0.05, 0) is 53.6 Å². The Morgan fingerprint density at radius 1 is 1.08 bits per heavy atom. The highest BCUT2D eigenvalue weighted by Crippen LogP contribution is 2.42. The lowest BCUT2D eigenvalue weighted by Crippen LogP contribution is -2.29. The third-order valence-electron chi connectivity index (χ3n) is 5.95. The van der Waals surface area contributed by atoms with Crippen LogP contribution in [0.2, 0.25) is 5.02 Å². The van der Waals surface area contributed by atoms with Gasteiger partial charge in [0.05, 0.1) is 17.0 Å². The minimum absolute atomic E-state index is 0.0719. The smallest absolute Gasteiger partial charge is 0.297 e. The second kappa shape index (κ2) is 8.89. The monoisotopic (exact) mass is 518 g/mol. The van der Waals surface area contributed by atoms with E-state index in [1.165, 1.54) is 28.4 Å². The number of thiazole rings is 1. The maximum atomic E-state index is 14.0. The third-order valence-corrected chi connectivity index (χ3v) is 6.97. The summed E-state index contributed by atoms with van der Waals surface area (Å²) in [6.45, 7) is 0.309. The molecule has 36 heavy (non-hydrogen) atoms. The number of aromatic nitrogens is 1. The van der Waals surface area contributed by atoms with Crippen LogP contribution in [0.4, 0.5) is 9.52 Å². The topological polar surface area (TPSA) is 72.6 Å². The molecule has 0 spiro atoms. The van der Waals surface area contributed by atoms with E-state index in [2.05, 4.69) is 4.98 Å². The zero-order valence-electron chi connectivity index (χ0n) is 18.5. The summed E-state index contributed by atoms with van der Waals surface area (Å²) >= 11 is 7.22. The van der Waals surface area contributed by atoms with Crippen molar-refractivity contribution in [2.24, 2.45) is 0 Å². The molecule has 6 nitrogen and oxygen atoms in total. The Morgan fingerprint density at radius 3 is 2.69 bits per heavy atom. The van der Waals surface area contributed by atoms with Crippen molar-refractivity contribution < 1.29 is 18.3 Å². The SMILES string of the molecule is O=C1c2oc3ccc(F)cc3c(=O)c2C(c2cccc(OCc3ccc(Cl)cc3)c2)N1c1nccs1. The van der Waals surface area contributed by atoms with Crippen molar-refractivity contribution in [1.29, 1.82) is 0 Å². The van der Waals surface area contributed by atoms with Crippen molar-refractivity contribution in [3.8, 4) is 5.75 Å². The first-order chi connectivity index (χ1) is 17.5. The van der Waals surface area contributed by atoms with Crippen LogP contribution in [0.25, 0.3) is 11.0 Å². The predicted molar refractivity (Wildman–Crippen MR) is 135 cm³/mol. The molecule has 0 bridgehead atoms. The van der Waals surface area contributed by atoms with Crippen LogP contribution in [0, 0.1) is 5.82 Å². The van der Waals surface area contributed by atoms with E-state index in [0.717, 1.165) is 11.6 Å². The van der Waals surface area contributed by atoms with Crippen LogP contribution in [0.1, 0.15) is 33.3 Å². The molecule has 3 heterocycles. The van der Waals surface area contributed by atoms with Crippen molar-refractivity contribution >= 4 is 44.9 Å². The average Bonchev–Trinajstić information content (AvgIpc) is 3.51.